The Morgan fingerprint density at radius 3 is 2.55 bits per heavy atom. The fourth-order valence-corrected chi connectivity index (χ4v) is 3.98. The maximum absolute atomic E-state index is 13.0. The second-order valence-electron chi connectivity index (χ2n) is 6.98. The Morgan fingerprint density at radius 2 is 2.00 bits per heavy atom. The van der Waals surface area contributed by atoms with Crippen molar-refractivity contribution in [2.75, 3.05) is 50.5 Å². The summed E-state index contributed by atoms with van der Waals surface area (Å²) in [7, 11) is 1.53. The number of amides is 1. The Balaban J connectivity index is 1.61. The van der Waals surface area contributed by atoms with Crippen LogP contribution in [0.1, 0.15) is 6.92 Å². The molecule has 1 saturated heterocycles. The number of hydrogen-bond acceptors (Lipinski definition) is 6. The summed E-state index contributed by atoms with van der Waals surface area (Å²) in [6, 6.07) is 2.96. The number of hydrazone groups is 1. The molecular weight excluding hydrogens is 427 g/mol. The Labute approximate surface area is 177 Å². The molecule has 0 aliphatic carbocycles. The van der Waals surface area contributed by atoms with E-state index in [-0.39, 0.29) is 18.2 Å². The maximum atomic E-state index is 13.0. The maximum Gasteiger partial charge on any atom is 0.279 e. The molecule has 1 fully saturated rings. The van der Waals surface area contributed by atoms with Gasteiger partial charge in [-0.05, 0) is 13.0 Å². The first-order valence-electron chi connectivity index (χ1n) is 9.16. The highest BCUT2D eigenvalue weighted by molar-refractivity contribution is 6.33. The molecule has 2 unspecified atom stereocenters. The number of alkyl halides is 3. The lowest BCUT2D eigenvalue weighted by Crippen LogP contribution is -2.51. The van der Waals surface area contributed by atoms with Gasteiger partial charge in [0.2, 0.25) is 5.91 Å². The molecule has 1 aromatic rings. The SMILES string of the molecule is COc1cc(N2CCN(C(=O)CN3N=C(C(F)F)C(Cl)C3C)CC2)c(N)cc1Cl. The lowest BCUT2D eigenvalue weighted by atomic mass is 10.1. The average molecular weight is 450 g/mol. The van der Waals surface area contributed by atoms with Crippen LogP contribution in [-0.4, -0.2) is 79.2 Å². The van der Waals surface area contributed by atoms with Crippen molar-refractivity contribution in [2.24, 2.45) is 5.10 Å². The minimum absolute atomic E-state index is 0.0858. The average Bonchev–Trinajstić information content (AvgIpc) is 2.97. The molecule has 2 aliphatic heterocycles. The fourth-order valence-electron chi connectivity index (χ4n) is 3.46. The zero-order valence-corrected chi connectivity index (χ0v) is 17.6. The summed E-state index contributed by atoms with van der Waals surface area (Å²) < 4.78 is 31.2. The molecule has 0 saturated carbocycles. The summed E-state index contributed by atoms with van der Waals surface area (Å²) in [6.07, 6.45) is -2.73. The third kappa shape index (κ3) is 4.45. The van der Waals surface area contributed by atoms with Crippen LogP contribution in [-0.2, 0) is 4.79 Å². The highest BCUT2D eigenvalue weighted by atomic mass is 35.5. The van der Waals surface area contributed by atoms with Crippen LogP contribution in [0.15, 0.2) is 17.2 Å². The summed E-state index contributed by atoms with van der Waals surface area (Å²) in [4.78, 5) is 16.4. The van der Waals surface area contributed by atoms with E-state index in [4.69, 9.17) is 33.7 Å². The first-order valence-corrected chi connectivity index (χ1v) is 9.97. The number of hydrogen-bond donors (Lipinski definition) is 1. The zero-order valence-electron chi connectivity index (χ0n) is 16.1. The van der Waals surface area contributed by atoms with Crippen LogP contribution in [0.25, 0.3) is 0 Å². The number of nitrogen functional groups attached to an aromatic ring is 1. The molecule has 1 amide bonds. The van der Waals surface area contributed by atoms with Crippen molar-refractivity contribution in [3.63, 3.8) is 0 Å². The minimum Gasteiger partial charge on any atom is -0.495 e. The number of carbonyl (C=O) groups is 1. The molecule has 0 radical (unpaired) electrons. The fraction of sp³-hybridized carbons (Fsp3) is 0.556. The molecular formula is C18H23Cl2F2N5O2. The van der Waals surface area contributed by atoms with Crippen molar-refractivity contribution in [2.45, 2.75) is 24.8 Å². The zero-order chi connectivity index (χ0) is 21.3. The van der Waals surface area contributed by atoms with Gasteiger partial charge in [-0.1, -0.05) is 11.6 Å². The summed E-state index contributed by atoms with van der Waals surface area (Å²) in [5.74, 6) is 0.349. The Bertz CT molecular complexity index is 803. The number of anilines is 2. The van der Waals surface area contributed by atoms with Gasteiger partial charge in [0.05, 0.1) is 29.5 Å². The van der Waals surface area contributed by atoms with Gasteiger partial charge >= 0.3 is 0 Å². The first-order chi connectivity index (χ1) is 13.7. The van der Waals surface area contributed by atoms with Gasteiger partial charge in [0.25, 0.3) is 6.43 Å². The number of halogens is 4. The lowest BCUT2D eigenvalue weighted by Gasteiger charge is -2.37. The first kappa shape index (κ1) is 21.7. The van der Waals surface area contributed by atoms with E-state index in [1.807, 2.05) is 0 Å². The number of carbonyl (C=O) groups excluding carboxylic acids is 1. The number of rotatable bonds is 5. The highest BCUT2D eigenvalue weighted by Gasteiger charge is 2.38. The highest BCUT2D eigenvalue weighted by Crippen LogP contribution is 2.35. The van der Waals surface area contributed by atoms with Crippen molar-refractivity contribution in [1.29, 1.82) is 0 Å². The number of methoxy groups -OCH3 is 1. The Kier molecular flexibility index (Phi) is 6.58. The number of ether oxygens (including phenoxy) is 1. The van der Waals surface area contributed by atoms with Gasteiger partial charge in [0.15, 0.2) is 0 Å². The van der Waals surface area contributed by atoms with Crippen LogP contribution in [0.3, 0.4) is 0 Å². The topological polar surface area (TPSA) is 74.4 Å². The smallest absolute Gasteiger partial charge is 0.279 e. The molecule has 1 aromatic carbocycles. The Hall–Kier alpha value is -2.00. The molecule has 0 bridgehead atoms. The third-order valence-electron chi connectivity index (χ3n) is 5.22. The van der Waals surface area contributed by atoms with Crippen LogP contribution in [0.5, 0.6) is 5.75 Å². The molecule has 7 nitrogen and oxygen atoms in total. The summed E-state index contributed by atoms with van der Waals surface area (Å²) in [5, 5.41) is 4.73. The molecule has 3 rings (SSSR count). The van der Waals surface area contributed by atoms with Gasteiger partial charge in [-0.3, -0.25) is 9.80 Å². The molecule has 29 heavy (non-hydrogen) atoms. The van der Waals surface area contributed by atoms with Crippen LogP contribution in [0.2, 0.25) is 5.02 Å². The van der Waals surface area contributed by atoms with Crippen molar-refractivity contribution in [3.8, 4) is 5.75 Å². The number of nitrogens with zero attached hydrogens (tertiary/aromatic N) is 4. The summed E-state index contributed by atoms with van der Waals surface area (Å²) >= 11 is 12.1. The van der Waals surface area contributed by atoms with Gasteiger partial charge in [-0.2, -0.15) is 5.10 Å². The molecule has 0 aromatic heterocycles. The van der Waals surface area contributed by atoms with E-state index in [0.29, 0.717) is 42.6 Å². The molecule has 2 atom stereocenters. The molecule has 2 aliphatic rings. The normalized spacial score (nSPS) is 22.3. The number of nitrogens with two attached hydrogens (primary N) is 1. The molecule has 11 heteroatoms. The van der Waals surface area contributed by atoms with Gasteiger partial charge < -0.3 is 20.3 Å². The lowest BCUT2D eigenvalue weighted by molar-refractivity contribution is -0.133. The standard InChI is InChI=1S/C18H23Cl2F2N5O2/c1-10-16(20)17(18(21)22)24-27(10)9-15(28)26-5-3-25(4-6-26)13-8-14(29-2)11(19)7-12(13)23/h7-8,10,16,18H,3-6,9,23H2,1-2H3. The second kappa shape index (κ2) is 8.79. The quantitative estimate of drug-likeness (QED) is 0.552. The summed E-state index contributed by atoms with van der Waals surface area (Å²) in [5.41, 5.74) is 7.03. The van der Waals surface area contributed by atoms with Crippen LogP contribution in [0.4, 0.5) is 20.2 Å². The van der Waals surface area contributed by atoms with Crippen molar-refractivity contribution in [1.82, 2.24) is 9.91 Å². The van der Waals surface area contributed by atoms with E-state index in [9.17, 15) is 13.6 Å². The predicted octanol–water partition coefficient (Wildman–Crippen LogP) is 2.51. The van der Waals surface area contributed by atoms with Gasteiger partial charge in [-0.25, -0.2) is 8.78 Å². The minimum atomic E-state index is -2.73. The van der Waals surface area contributed by atoms with Gasteiger partial charge in [0, 0.05) is 32.2 Å². The van der Waals surface area contributed by atoms with E-state index in [2.05, 4.69) is 10.0 Å². The van der Waals surface area contributed by atoms with Crippen LogP contribution >= 0.6 is 23.2 Å². The van der Waals surface area contributed by atoms with Crippen molar-refractivity contribution < 1.29 is 18.3 Å². The monoisotopic (exact) mass is 449 g/mol. The van der Waals surface area contributed by atoms with E-state index < -0.39 is 17.8 Å². The van der Waals surface area contributed by atoms with E-state index in [1.54, 1.807) is 24.0 Å². The number of piperazine rings is 1. The van der Waals surface area contributed by atoms with Gasteiger partial charge in [0.1, 0.15) is 23.4 Å². The Morgan fingerprint density at radius 1 is 1.34 bits per heavy atom. The van der Waals surface area contributed by atoms with Crippen molar-refractivity contribution in [3.05, 3.63) is 17.2 Å². The van der Waals surface area contributed by atoms with E-state index in [0.717, 1.165) is 5.69 Å². The van der Waals surface area contributed by atoms with Crippen molar-refractivity contribution >= 4 is 46.2 Å². The number of benzene rings is 1. The molecule has 160 valence electrons. The van der Waals surface area contributed by atoms with E-state index in [1.165, 1.54) is 12.1 Å². The molecule has 2 N–H and O–H groups in total. The molecule has 2 heterocycles. The third-order valence-corrected chi connectivity index (χ3v) is 6.10. The van der Waals surface area contributed by atoms with Crippen LogP contribution < -0.4 is 15.4 Å². The summed E-state index contributed by atoms with van der Waals surface area (Å²) in [6.45, 7) is 3.68. The van der Waals surface area contributed by atoms with Gasteiger partial charge in [-0.15, -0.1) is 11.6 Å². The predicted molar refractivity (Wildman–Crippen MR) is 110 cm³/mol. The molecule has 0 spiro atoms. The largest absolute Gasteiger partial charge is 0.495 e. The van der Waals surface area contributed by atoms with Crippen LogP contribution in [0, 0.1) is 0 Å². The van der Waals surface area contributed by atoms with E-state index >= 15 is 0 Å². The second-order valence-corrected chi connectivity index (χ2v) is 7.86.